The van der Waals surface area contributed by atoms with Gasteiger partial charge in [0.15, 0.2) is 5.96 Å². The van der Waals surface area contributed by atoms with Crippen LogP contribution in [-0.4, -0.2) is 75.9 Å². The number of hydrogen-bond acceptors (Lipinski definition) is 5. The molecule has 0 bridgehead atoms. The summed E-state index contributed by atoms with van der Waals surface area (Å²) in [5.41, 5.74) is 1.16. The summed E-state index contributed by atoms with van der Waals surface area (Å²) in [4.78, 5) is 20.8. The number of nitrogens with one attached hydrogen (secondary N) is 1. The number of guanidine groups is 1. The molecule has 1 aliphatic rings. The molecule has 1 aliphatic heterocycles. The largest absolute Gasteiger partial charge is 0.450 e. The molecule has 0 unspecified atom stereocenters. The first-order valence-corrected chi connectivity index (χ1v) is 10.6. The molecule has 0 saturated carbocycles. The van der Waals surface area contributed by atoms with Gasteiger partial charge in [0.05, 0.1) is 13.2 Å². The minimum atomic E-state index is -0.243. The Hall–Kier alpha value is -3.10. The molecule has 1 saturated heterocycles. The molecule has 9 heteroatoms. The van der Waals surface area contributed by atoms with Gasteiger partial charge in [-0.1, -0.05) is 37.3 Å². The van der Waals surface area contributed by atoms with Crippen LogP contribution in [0.4, 0.5) is 4.79 Å². The van der Waals surface area contributed by atoms with Crippen LogP contribution in [0.2, 0.25) is 0 Å². The highest BCUT2D eigenvalue weighted by atomic mass is 16.6. The van der Waals surface area contributed by atoms with Crippen molar-refractivity contribution >= 4 is 12.1 Å². The molecule has 2 aromatic rings. The van der Waals surface area contributed by atoms with Gasteiger partial charge >= 0.3 is 6.09 Å². The number of rotatable bonds is 7. The van der Waals surface area contributed by atoms with Crippen molar-refractivity contribution in [2.24, 2.45) is 4.99 Å². The second-order valence-corrected chi connectivity index (χ2v) is 7.02. The number of amides is 1. The molecule has 1 fully saturated rings. The molecule has 0 atom stereocenters. The van der Waals surface area contributed by atoms with Crippen molar-refractivity contribution in [1.29, 1.82) is 0 Å². The predicted molar refractivity (Wildman–Crippen MR) is 115 cm³/mol. The topological polar surface area (TPSA) is 87.9 Å². The van der Waals surface area contributed by atoms with Gasteiger partial charge in [0.2, 0.25) is 0 Å². The standard InChI is InChI=1S/C21H31N7O2/c1-3-19-25-24-17-28(19)11-10-22-20(23-16-18-8-6-5-7-9-18)26-12-14-27(15-13-26)21(29)30-4-2/h5-9,17H,3-4,10-16H2,1-2H3,(H,22,23). The van der Waals surface area contributed by atoms with Crippen molar-refractivity contribution < 1.29 is 9.53 Å². The molecule has 9 nitrogen and oxygen atoms in total. The minimum Gasteiger partial charge on any atom is -0.450 e. The molecule has 162 valence electrons. The molecule has 1 N–H and O–H groups in total. The first-order chi connectivity index (χ1) is 14.7. The van der Waals surface area contributed by atoms with Crippen LogP contribution in [0.25, 0.3) is 0 Å². The van der Waals surface area contributed by atoms with E-state index in [-0.39, 0.29) is 6.09 Å². The normalized spacial score (nSPS) is 14.7. The number of hydrogen-bond donors (Lipinski definition) is 1. The summed E-state index contributed by atoms with van der Waals surface area (Å²) in [7, 11) is 0. The number of piperazine rings is 1. The van der Waals surface area contributed by atoms with Crippen LogP contribution >= 0.6 is 0 Å². The van der Waals surface area contributed by atoms with Crippen molar-refractivity contribution in [1.82, 2.24) is 29.9 Å². The number of aliphatic imine (C=N–C) groups is 1. The minimum absolute atomic E-state index is 0.243. The van der Waals surface area contributed by atoms with Crippen molar-refractivity contribution in [2.45, 2.75) is 33.4 Å². The Labute approximate surface area is 177 Å². The first kappa shape index (κ1) is 21.6. The second kappa shape index (κ2) is 11.2. The molecule has 0 spiro atoms. The Morgan fingerprint density at radius 2 is 1.87 bits per heavy atom. The van der Waals surface area contributed by atoms with Gasteiger partial charge in [0.1, 0.15) is 12.2 Å². The zero-order valence-electron chi connectivity index (χ0n) is 17.8. The highest BCUT2D eigenvalue weighted by Crippen LogP contribution is 2.07. The Balaban J connectivity index is 1.61. The highest BCUT2D eigenvalue weighted by molar-refractivity contribution is 5.80. The lowest BCUT2D eigenvalue weighted by Crippen LogP contribution is -2.54. The molecule has 1 aromatic heterocycles. The van der Waals surface area contributed by atoms with E-state index >= 15 is 0 Å². The maximum atomic E-state index is 12.0. The SMILES string of the molecule is CCOC(=O)N1CCN(C(=NCc2ccccc2)NCCn2cnnc2CC)CC1. The van der Waals surface area contributed by atoms with Crippen LogP contribution in [0.3, 0.4) is 0 Å². The van der Waals surface area contributed by atoms with Gasteiger partial charge in [-0.25, -0.2) is 9.79 Å². The number of carbonyl (C=O) groups excluding carboxylic acids is 1. The fourth-order valence-electron chi connectivity index (χ4n) is 3.36. The number of aromatic nitrogens is 3. The first-order valence-electron chi connectivity index (χ1n) is 10.6. The van der Waals surface area contributed by atoms with E-state index in [9.17, 15) is 4.79 Å². The summed E-state index contributed by atoms with van der Waals surface area (Å²) in [6, 6.07) is 10.2. The summed E-state index contributed by atoms with van der Waals surface area (Å²) in [6.45, 7) is 9.06. The van der Waals surface area contributed by atoms with E-state index < -0.39 is 0 Å². The van der Waals surface area contributed by atoms with E-state index in [0.717, 1.165) is 36.9 Å². The van der Waals surface area contributed by atoms with E-state index in [2.05, 4.69) is 44.0 Å². The van der Waals surface area contributed by atoms with Crippen LogP contribution < -0.4 is 5.32 Å². The average Bonchev–Trinajstić information content (AvgIpc) is 3.24. The van der Waals surface area contributed by atoms with Crippen LogP contribution in [0.5, 0.6) is 0 Å². The number of benzene rings is 1. The van der Waals surface area contributed by atoms with Crippen LogP contribution in [0.15, 0.2) is 41.7 Å². The Morgan fingerprint density at radius 3 is 2.57 bits per heavy atom. The fraction of sp³-hybridized carbons (Fsp3) is 0.524. The molecule has 1 amide bonds. The molecule has 0 radical (unpaired) electrons. The third-order valence-corrected chi connectivity index (χ3v) is 5.01. The highest BCUT2D eigenvalue weighted by Gasteiger charge is 2.23. The predicted octanol–water partition coefficient (Wildman–Crippen LogP) is 1.76. The van der Waals surface area contributed by atoms with Crippen LogP contribution in [-0.2, 0) is 24.2 Å². The maximum absolute atomic E-state index is 12.0. The van der Waals surface area contributed by atoms with Crippen LogP contribution in [0, 0.1) is 0 Å². The van der Waals surface area contributed by atoms with E-state index in [1.165, 1.54) is 0 Å². The summed E-state index contributed by atoms with van der Waals surface area (Å²) in [5.74, 6) is 1.83. The van der Waals surface area contributed by atoms with Crippen molar-refractivity contribution in [3.63, 3.8) is 0 Å². The van der Waals surface area contributed by atoms with Gasteiger partial charge < -0.3 is 24.4 Å². The van der Waals surface area contributed by atoms with Crippen molar-refractivity contribution in [3.8, 4) is 0 Å². The Bertz CT molecular complexity index is 814. The molecular weight excluding hydrogens is 382 g/mol. The summed E-state index contributed by atoms with van der Waals surface area (Å²) in [6.07, 6.45) is 2.37. The van der Waals surface area contributed by atoms with Gasteiger partial charge in [0.25, 0.3) is 0 Å². The number of nitrogens with zero attached hydrogens (tertiary/aromatic N) is 6. The summed E-state index contributed by atoms with van der Waals surface area (Å²) >= 11 is 0. The second-order valence-electron chi connectivity index (χ2n) is 7.02. The molecule has 1 aromatic carbocycles. The van der Waals surface area contributed by atoms with Gasteiger partial charge in [-0.15, -0.1) is 10.2 Å². The molecule has 3 rings (SSSR count). The summed E-state index contributed by atoms with van der Waals surface area (Å²) < 4.78 is 7.17. The van der Waals surface area contributed by atoms with E-state index in [1.54, 1.807) is 11.2 Å². The molecule has 30 heavy (non-hydrogen) atoms. The lowest BCUT2D eigenvalue weighted by atomic mass is 10.2. The monoisotopic (exact) mass is 413 g/mol. The number of carbonyl (C=O) groups is 1. The third kappa shape index (κ3) is 5.95. The smallest absolute Gasteiger partial charge is 0.409 e. The lowest BCUT2D eigenvalue weighted by Gasteiger charge is -2.36. The quantitative estimate of drug-likeness (QED) is 0.550. The summed E-state index contributed by atoms with van der Waals surface area (Å²) in [5, 5.41) is 11.6. The van der Waals surface area contributed by atoms with Crippen molar-refractivity contribution in [3.05, 3.63) is 48.0 Å². The van der Waals surface area contributed by atoms with E-state index in [0.29, 0.717) is 39.3 Å². The zero-order chi connectivity index (χ0) is 21.2. The van der Waals surface area contributed by atoms with E-state index in [1.807, 2.05) is 25.1 Å². The molecule has 2 heterocycles. The number of ether oxygens (including phenoxy) is 1. The Kier molecular flexibility index (Phi) is 8.05. The Morgan fingerprint density at radius 1 is 1.13 bits per heavy atom. The fourth-order valence-corrected chi connectivity index (χ4v) is 3.36. The lowest BCUT2D eigenvalue weighted by molar-refractivity contribution is 0.0914. The van der Waals surface area contributed by atoms with Gasteiger partial charge in [-0.3, -0.25) is 0 Å². The zero-order valence-corrected chi connectivity index (χ0v) is 17.8. The molecule has 0 aliphatic carbocycles. The van der Waals surface area contributed by atoms with Crippen molar-refractivity contribution in [2.75, 3.05) is 39.3 Å². The van der Waals surface area contributed by atoms with Gasteiger partial charge in [0, 0.05) is 45.7 Å². The van der Waals surface area contributed by atoms with Gasteiger partial charge in [-0.2, -0.15) is 0 Å². The van der Waals surface area contributed by atoms with E-state index in [4.69, 9.17) is 9.73 Å². The maximum Gasteiger partial charge on any atom is 0.409 e. The average molecular weight is 414 g/mol. The number of aryl methyl sites for hydroxylation is 1. The van der Waals surface area contributed by atoms with Crippen LogP contribution in [0.1, 0.15) is 25.2 Å². The molecular formula is C21H31N7O2. The van der Waals surface area contributed by atoms with Gasteiger partial charge in [-0.05, 0) is 12.5 Å². The third-order valence-electron chi connectivity index (χ3n) is 5.01.